The first-order valence-electron chi connectivity index (χ1n) is 10.7. The lowest BCUT2D eigenvalue weighted by atomic mass is 9.67. The molecule has 0 N–H and O–H groups in total. The van der Waals surface area contributed by atoms with Crippen LogP contribution < -0.4 is 0 Å². The highest BCUT2D eigenvalue weighted by atomic mass is 35.5. The van der Waals surface area contributed by atoms with Crippen LogP contribution in [0.5, 0.6) is 0 Å². The van der Waals surface area contributed by atoms with Gasteiger partial charge in [-0.25, -0.2) is 0 Å². The maximum absolute atomic E-state index is 12.5. The summed E-state index contributed by atoms with van der Waals surface area (Å²) in [5.41, 5.74) is 0.897. The average Bonchev–Trinajstić information content (AvgIpc) is 3.20. The zero-order valence-electron chi connectivity index (χ0n) is 17.5. The van der Waals surface area contributed by atoms with E-state index < -0.39 is 0 Å². The molecule has 2 aromatic rings. The van der Waals surface area contributed by atoms with E-state index in [0.717, 1.165) is 24.8 Å². The highest BCUT2D eigenvalue weighted by molar-refractivity contribution is 6.30. The zero-order valence-corrected chi connectivity index (χ0v) is 18.3. The Kier molecular flexibility index (Phi) is 6.46. The summed E-state index contributed by atoms with van der Waals surface area (Å²) in [4.78, 5) is 38.6. The van der Waals surface area contributed by atoms with Gasteiger partial charge in [-0.3, -0.25) is 14.4 Å². The largest absolute Gasteiger partial charge is 0.459 e. The number of hydrogen-bond donors (Lipinski definition) is 0. The molecule has 7 heteroatoms. The number of rotatable bonds is 6. The molecular formula is C24H26ClNO5. The number of fused-ring (bicyclic) bond motifs is 2. The van der Waals surface area contributed by atoms with Crippen LogP contribution in [0.1, 0.15) is 37.9 Å². The monoisotopic (exact) mass is 443 g/mol. The number of halogens is 1. The van der Waals surface area contributed by atoms with Crippen molar-refractivity contribution in [2.75, 3.05) is 13.7 Å². The zero-order chi connectivity index (χ0) is 22.0. The Hall–Kier alpha value is -2.60. The van der Waals surface area contributed by atoms with Crippen LogP contribution in [0.4, 0.5) is 0 Å². The van der Waals surface area contributed by atoms with Gasteiger partial charge < -0.3 is 14.1 Å². The number of benzene rings is 1. The van der Waals surface area contributed by atoms with E-state index in [1.807, 2.05) is 24.3 Å². The molecule has 0 radical (unpaired) electrons. The first-order valence-corrected chi connectivity index (χ1v) is 11.1. The van der Waals surface area contributed by atoms with E-state index in [9.17, 15) is 14.4 Å². The molecule has 1 aromatic heterocycles. The molecule has 2 bridgehead atoms. The Bertz CT molecular complexity index is 951. The number of ketones is 1. The van der Waals surface area contributed by atoms with Crippen molar-refractivity contribution >= 4 is 29.3 Å². The molecule has 2 atom stereocenters. The molecule has 6 nitrogen and oxygen atoms in total. The van der Waals surface area contributed by atoms with Gasteiger partial charge >= 0.3 is 5.97 Å². The molecule has 4 rings (SSSR count). The summed E-state index contributed by atoms with van der Waals surface area (Å²) >= 11 is 5.91. The second kappa shape index (κ2) is 9.27. The summed E-state index contributed by atoms with van der Waals surface area (Å²) in [5, 5.41) is 0.651. The molecule has 164 valence electrons. The maximum atomic E-state index is 12.5. The number of amides is 1. The Balaban J connectivity index is 1.27. The molecule has 0 saturated heterocycles. The van der Waals surface area contributed by atoms with Crippen LogP contribution in [0.25, 0.3) is 11.3 Å². The molecular weight excluding hydrogens is 418 g/mol. The Morgan fingerprint density at radius 3 is 2.45 bits per heavy atom. The lowest BCUT2D eigenvalue weighted by Crippen LogP contribution is -2.40. The molecule has 1 heterocycles. The molecule has 2 aliphatic rings. The number of carbonyl (C=O) groups excluding carboxylic acids is 3. The van der Waals surface area contributed by atoms with Gasteiger partial charge in [-0.1, -0.05) is 18.0 Å². The van der Waals surface area contributed by atoms with Gasteiger partial charge in [-0.05, 0) is 62.1 Å². The fourth-order valence-corrected chi connectivity index (χ4v) is 4.71. The molecule has 1 amide bonds. The fraction of sp³-hybridized carbons (Fsp3) is 0.458. The molecule has 2 aliphatic carbocycles. The minimum atomic E-state index is -0.367. The predicted octanol–water partition coefficient (Wildman–Crippen LogP) is 4.50. The number of ether oxygens (including phenoxy) is 1. The highest BCUT2D eigenvalue weighted by Gasteiger charge is 2.41. The molecule has 1 aromatic carbocycles. The van der Waals surface area contributed by atoms with Gasteiger partial charge in [0.25, 0.3) is 5.91 Å². The summed E-state index contributed by atoms with van der Waals surface area (Å²) < 4.78 is 11.1. The van der Waals surface area contributed by atoms with Crippen molar-refractivity contribution in [2.24, 2.45) is 17.8 Å². The van der Waals surface area contributed by atoms with Gasteiger partial charge in [0.2, 0.25) is 0 Å². The quantitative estimate of drug-likeness (QED) is 0.614. The number of esters is 1. The van der Waals surface area contributed by atoms with E-state index >= 15 is 0 Å². The van der Waals surface area contributed by atoms with Gasteiger partial charge in [0.15, 0.2) is 6.61 Å². The second-order valence-electron chi connectivity index (χ2n) is 8.53. The van der Waals surface area contributed by atoms with Crippen molar-refractivity contribution in [1.29, 1.82) is 0 Å². The summed E-state index contributed by atoms with van der Waals surface area (Å²) in [7, 11) is 1.64. The first kappa shape index (κ1) is 21.6. The molecule has 2 fully saturated rings. The standard InChI is InChI=1S/C24H26ClNO5/c1-26(13-20-9-10-21(31-20)15-5-7-19(25)8-6-15)22(27)14-30-24(29)18-11-16-3-2-4-17(12-18)23(16)28/h5-10,16-18H,2-4,11-14H2,1H3. The van der Waals surface area contributed by atoms with Crippen LogP contribution in [-0.2, 0) is 25.7 Å². The van der Waals surface area contributed by atoms with E-state index in [1.165, 1.54) is 4.90 Å². The maximum Gasteiger partial charge on any atom is 0.309 e. The van der Waals surface area contributed by atoms with Gasteiger partial charge in [0.1, 0.15) is 17.3 Å². The van der Waals surface area contributed by atoms with Crippen LogP contribution in [0.2, 0.25) is 5.02 Å². The lowest BCUT2D eigenvalue weighted by Gasteiger charge is -2.36. The van der Waals surface area contributed by atoms with E-state index in [2.05, 4.69) is 0 Å². The Labute approximate surface area is 186 Å². The van der Waals surface area contributed by atoms with Gasteiger partial charge in [-0.15, -0.1) is 0 Å². The van der Waals surface area contributed by atoms with Gasteiger partial charge in [-0.2, -0.15) is 0 Å². The molecule has 0 aliphatic heterocycles. The number of furan rings is 1. The summed E-state index contributed by atoms with van der Waals surface area (Å²) in [5.74, 6) is 0.649. The van der Waals surface area contributed by atoms with Gasteiger partial charge in [0.05, 0.1) is 12.5 Å². The third-order valence-corrected chi connectivity index (χ3v) is 6.58. The second-order valence-corrected chi connectivity index (χ2v) is 8.96. The first-order chi connectivity index (χ1) is 14.9. The topological polar surface area (TPSA) is 76.8 Å². The number of Topliss-reactive ketones (excluding diaryl/α,β-unsaturated/α-hetero) is 1. The number of hydrogen-bond acceptors (Lipinski definition) is 5. The van der Waals surface area contributed by atoms with Crippen LogP contribution in [-0.4, -0.2) is 36.2 Å². The van der Waals surface area contributed by atoms with E-state index in [1.54, 1.807) is 19.2 Å². The molecule has 31 heavy (non-hydrogen) atoms. The molecule has 2 saturated carbocycles. The smallest absolute Gasteiger partial charge is 0.309 e. The van der Waals surface area contributed by atoms with Crippen molar-refractivity contribution in [3.8, 4) is 11.3 Å². The summed E-state index contributed by atoms with van der Waals surface area (Å²) in [6.07, 6.45) is 3.89. The third-order valence-electron chi connectivity index (χ3n) is 6.33. The van der Waals surface area contributed by atoms with Crippen LogP contribution in [0.15, 0.2) is 40.8 Å². The molecule has 2 unspecified atom stereocenters. The highest BCUT2D eigenvalue weighted by Crippen LogP contribution is 2.40. The van der Waals surface area contributed by atoms with Crippen molar-refractivity contribution < 1.29 is 23.5 Å². The van der Waals surface area contributed by atoms with Crippen LogP contribution in [0.3, 0.4) is 0 Å². The van der Waals surface area contributed by atoms with Crippen molar-refractivity contribution in [3.63, 3.8) is 0 Å². The van der Waals surface area contributed by atoms with E-state index in [0.29, 0.717) is 35.2 Å². The van der Waals surface area contributed by atoms with E-state index in [-0.39, 0.29) is 42.8 Å². The molecule has 0 spiro atoms. The lowest BCUT2D eigenvalue weighted by molar-refractivity contribution is -0.158. The Morgan fingerprint density at radius 1 is 1.10 bits per heavy atom. The normalized spacial score (nSPS) is 22.8. The Morgan fingerprint density at radius 2 is 1.77 bits per heavy atom. The number of carbonyl (C=O) groups is 3. The van der Waals surface area contributed by atoms with Crippen LogP contribution >= 0.6 is 11.6 Å². The SMILES string of the molecule is CN(Cc1ccc(-c2ccc(Cl)cc2)o1)C(=O)COC(=O)C1CC2CCCC(C1)C2=O. The number of likely N-dealkylation sites (N-methyl/N-ethyl adjacent to an activating group) is 1. The predicted molar refractivity (Wildman–Crippen MR) is 115 cm³/mol. The van der Waals surface area contributed by atoms with Gasteiger partial charge in [0, 0.05) is 29.5 Å². The van der Waals surface area contributed by atoms with Crippen molar-refractivity contribution in [3.05, 3.63) is 47.2 Å². The summed E-state index contributed by atoms with van der Waals surface area (Å²) in [6.45, 7) is -0.0358. The van der Waals surface area contributed by atoms with Crippen molar-refractivity contribution in [1.82, 2.24) is 4.90 Å². The number of nitrogens with zero attached hydrogens (tertiary/aromatic N) is 1. The average molecular weight is 444 g/mol. The fourth-order valence-electron chi connectivity index (χ4n) is 4.59. The summed E-state index contributed by atoms with van der Waals surface area (Å²) in [6, 6.07) is 11.0. The van der Waals surface area contributed by atoms with Crippen molar-refractivity contribution in [2.45, 2.75) is 38.6 Å². The van der Waals surface area contributed by atoms with Crippen LogP contribution in [0, 0.1) is 17.8 Å². The minimum Gasteiger partial charge on any atom is -0.459 e. The van der Waals surface area contributed by atoms with E-state index in [4.69, 9.17) is 20.8 Å². The minimum absolute atomic E-state index is 0.0165. The third kappa shape index (κ3) is 5.01.